The Balaban J connectivity index is 3.31. The van der Waals surface area contributed by atoms with Crippen molar-refractivity contribution in [2.24, 2.45) is 0 Å². The SMILES string of the molecule is CSc1ccc(C(=O)O)c(F)c1F. The van der Waals surface area contributed by atoms with Gasteiger partial charge in [0.25, 0.3) is 0 Å². The van der Waals surface area contributed by atoms with Crippen LogP contribution in [-0.2, 0) is 0 Å². The van der Waals surface area contributed by atoms with E-state index in [0.717, 1.165) is 17.8 Å². The zero-order valence-corrected chi connectivity index (χ0v) is 7.49. The lowest BCUT2D eigenvalue weighted by atomic mass is 10.2. The molecule has 0 atom stereocenters. The Hall–Kier alpha value is -1.10. The first-order chi connectivity index (χ1) is 6.07. The average Bonchev–Trinajstić information content (AvgIpc) is 2.09. The molecule has 5 heteroatoms. The second-order valence-electron chi connectivity index (χ2n) is 2.25. The maximum absolute atomic E-state index is 13.0. The van der Waals surface area contributed by atoms with Gasteiger partial charge >= 0.3 is 5.97 Å². The van der Waals surface area contributed by atoms with Crippen LogP contribution in [0.5, 0.6) is 0 Å². The van der Waals surface area contributed by atoms with Crippen molar-refractivity contribution in [1.29, 1.82) is 0 Å². The number of hydrogen-bond donors (Lipinski definition) is 1. The minimum Gasteiger partial charge on any atom is -0.478 e. The van der Waals surface area contributed by atoms with Crippen LogP contribution in [0.4, 0.5) is 8.78 Å². The van der Waals surface area contributed by atoms with Gasteiger partial charge in [0.1, 0.15) is 0 Å². The van der Waals surface area contributed by atoms with Gasteiger partial charge in [0.05, 0.1) is 5.56 Å². The molecule has 1 rings (SSSR count). The van der Waals surface area contributed by atoms with Crippen LogP contribution in [0.25, 0.3) is 0 Å². The molecule has 0 unspecified atom stereocenters. The summed E-state index contributed by atoms with van der Waals surface area (Å²) in [7, 11) is 0. The van der Waals surface area contributed by atoms with E-state index in [1.165, 1.54) is 6.07 Å². The molecule has 1 N–H and O–H groups in total. The molecule has 1 aromatic carbocycles. The lowest BCUT2D eigenvalue weighted by Gasteiger charge is -2.02. The van der Waals surface area contributed by atoms with E-state index in [1.807, 2.05) is 0 Å². The second-order valence-corrected chi connectivity index (χ2v) is 3.10. The summed E-state index contributed by atoms with van der Waals surface area (Å²) in [6.45, 7) is 0. The lowest BCUT2D eigenvalue weighted by molar-refractivity contribution is 0.0690. The molecule has 0 aromatic heterocycles. The Labute approximate surface area is 77.6 Å². The standard InChI is InChI=1S/C8H6F2O2S/c1-13-5-3-2-4(8(11)12)6(9)7(5)10/h2-3H,1H3,(H,11,12). The molecule has 0 bridgehead atoms. The van der Waals surface area contributed by atoms with Gasteiger partial charge in [-0.1, -0.05) is 0 Å². The number of hydrogen-bond acceptors (Lipinski definition) is 2. The van der Waals surface area contributed by atoms with E-state index in [1.54, 1.807) is 6.26 Å². The molecule has 0 amide bonds. The molecule has 2 nitrogen and oxygen atoms in total. The summed E-state index contributed by atoms with van der Waals surface area (Å²) in [5.74, 6) is -3.88. The minimum absolute atomic E-state index is 0.0995. The number of thioether (sulfide) groups is 1. The van der Waals surface area contributed by atoms with Crippen molar-refractivity contribution >= 4 is 17.7 Å². The third-order valence-corrected chi connectivity index (χ3v) is 2.25. The summed E-state index contributed by atoms with van der Waals surface area (Å²) in [5.41, 5.74) is -0.643. The van der Waals surface area contributed by atoms with Crippen molar-refractivity contribution in [2.45, 2.75) is 4.90 Å². The van der Waals surface area contributed by atoms with E-state index in [4.69, 9.17) is 5.11 Å². The normalized spacial score (nSPS) is 10.1. The van der Waals surface area contributed by atoms with Crippen LogP contribution in [0.2, 0.25) is 0 Å². The quantitative estimate of drug-likeness (QED) is 0.751. The van der Waals surface area contributed by atoms with E-state index in [9.17, 15) is 13.6 Å². The van der Waals surface area contributed by atoms with Crippen LogP contribution >= 0.6 is 11.8 Å². The fourth-order valence-electron chi connectivity index (χ4n) is 0.855. The van der Waals surface area contributed by atoms with Gasteiger partial charge in [-0.05, 0) is 18.4 Å². The van der Waals surface area contributed by atoms with Crippen LogP contribution in [0.3, 0.4) is 0 Å². The summed E-state index contributed by atoms with van der Waals surface area (Å²) >= 11 is 1.02. The summed E-state index contributed by atoms with van der Waals surface area (Å²) in [6, 6.07) is 2.29. The molecule has 0 aliphatic carbocycles. The van der Waals surface area contributed by atoms with Crippen LogP contribution < -0.4 is 0 Å². The molecule has 0 aliphatic heterocycles. The molecule has 0 aliphatic rings. The Morgan fingerprint density at radius 2 is 2.00 bits per heavy atom. The summed E-state index contributed by atoms with van der Waals surface area (Å²) in [5, 5.41) is 8.44. The predicted octanol–water partition coefficient (Wildman–Crippen LogP) is 2.38. The van der Waals surface area contributed by atoms with Crippen molar-refractivity contribution in [2.75, 3.05) is 6.26 Å². The average molecular weight is 204 g/mol. The van der Waals surface area contributed by atoms with Gasteiger partial charge in [0, 0.05) is 4.90 Å². The van der Waals surface area contributed by atoms with Crippen LogP contribution in [0, 0.1) is 11.6 Å². The molecule has 0 saturated heterocycles. The molecule has 0 fully saturated rings. The highest BCUT2D eigenvalue weighted by Gasteiger charge is 2.16. The summed E-state index contributed by atoms with van der Waals surface area (Å²) in [6.07, 6.45) is 1.58. The molecule has 0 heterocycles. The number of benzene rings is 1. The number of aromatic carboxylic acids is 1. The smallest absolute Gasteiger partial charge is 0.338 e. The number of halogens is 2. The number of rotatable bonds is 2. The van der Waals surface area contributed by atoms with Crippen LogP contribution in [0.15, 0.2) is 17.0 Å². The van der Waals surface area contributed by atoms with Crippen LogP contribution in [0.1, 0.15) is 10.4 Å². The highest BCUT2D eigenvalue weighted by Crippen LogP contribution is 2.23. The van der Waals surface area contributed by atoms with E-state index < -0.39 is 23.2 Å². The van der Waals surface area contributed by atoms with Gasteiger partial charge < -0.3 is 5.11 Å². The van der Waals surface area contributed by atoms with Gasteiger partial charge in [0.15, 0.2) is 11.6 Å². The maximum Gasteiger partial charge on any atom is 0.338 e. The third-order valence-electron chi connectivity index (χ3n) is 1.50. The van der Waals surface area contributed by atoms with Gasteiger partial charge in [-0.2, -0.15) is 0 Å². The summed E-state index contributed by atoms with van der Waals surface area (Å²) in [4.78, 5) is 10.5. The first-order valence-electron chi connectivity index (χ1n) is 3.33. The second kappa shape index (κ2) is 3.74. The molecule has 70 valence electrons. The molecule has 0 spiro atoms. The zero-order chi connectivity index (χ0) is 10.0. The Morgan fingerprint density at radius 3 is 2.46 bits per heavy atom. The lowest BCUT2D eigenvalue weighted by Crippen LogP contribution is -2.03. The Morgan fingerprint density at radius 1 is 1.38 bits per heavy atom. The molecule has 1 aromatic rings. The minimum atomic E-state index is -1.47. The van der Waals surface area contributed by atoms with Crippen molar-refractivity contribution in [3.8, 4) is 0 Å². The van der Waals surface area contributed by atoms with Gasteiger partial charge in [-0.3, -0.25) is 0 Å². The highest BCUT2D eigenvalue weighted by atomic mass is 32.2. The van der Waals surface area contributed by atoms with E-state index in [2.05, 4.69) is 0 Å². The third kappa shape index (κ3) is 1.80. The fraction of sp³-hybridized carbons (Fsp3) is 0.125. The van der Waals surface area contributed by atoms with Gasteiger partial charge in [0.2, 0.25) is 0 Å². The molecular formula is C8H6F2O2S. The Kier molecular flexibility index (Phi) is 2.87. The van der Waals surface area contributed by atoms with E-state index >= 15 is 0 Å². The maximum atomic E-state index is 13.0. The van der Waals surface area contributed by atoms with Crippen molar-refractivity contribution in [3.05, 3.63) is 29.3 Å². The zero-order valence-electron chi connectivity index (χ0n) is 6.67. The van der Waals surface area contributed by atoms with Crippen molar-refractivity contribution < 1.29 is 18.7 Å². The highest BCUT2D eigenvalue weighted by molar-refractivity contribution is 7.98. The molecule has 13 heavy (non-hydrogen) atoms. The topological polar surface area (TPSA) is 37.3 Å². The van der Waals surface area contributed by atoms with Crippen molar-refractivity contribution in [1.82, 2.24) is 0 Å². The predicted molar refractivity (Wildman–Crippen MR) is 45.1 cm³/mol. The van der Waals surface area contributed by atoms with Gasteiger partial charge in [-0.15, -0.1) is 11.8 Å². The number of carboxylic acid groups (broad SMARTS) is 1. The van der Waals surface area contributed by atoms with Crippen LogP contribution in [-0.4, -0.2) is 17.3 Å². The largest absolute Gasteiger partial charge is 0.478 e. The molecular weight excluding hydrogens is 198 g/mol. The van der Waals surface area contributed by atoms with Crippen molar-refractivity contribution in [3.63, 3.8) is 0 Å². The molecule has 0 radical (unpaired) electrons. The first kappa shape index (κ1) is 9.98. The van der Waals surface area contributed by atoms with E-state index in [-0.39, 0.29) is 4.90 Å². The fourth-order valence-corrected chi connectivity index (χ4v) is 1.33. The summed E-state index contributed by atoms with van der Waals surface area (Å²) < 4.78 is 25.9. The Bertz CT molecular complexity index is 352. The monoisotopic (exact) mass is 204 g/mol. The number of carbonyl (C=O) groups is 1. The van der Waals surface area contributed by atoms with Gasteiger partial charge in [-0.25, -0.2) is 13.6 Å². The first-order valence-corrected chi connectivity index (χ1v) is 4.55. The molecule has 0 saturated carbocycles. The van der Waals surface area contributed by atoms with E-state index in [0.29, 0.717) is 0 Å². The number of carboxylic acids is 1.